The average molecular weight is 398 g/mol. The number of amides is 1. The van der Waals surface area contributed by atoms with E-state index in [1.807, 2.05) is 0 Å². The lowest BCUT2D eigenvalue weighted by Gasteiger charge is -2.10. The number of rotatable bonds is 4. The Hall–Kier alpha value is -1.44. The molecule has 0 heterocycles. The van der Waals surface area contributed by atoms with E-state index in [0.717, 1.165) is 30.0 Å². The van der Waals surface area contributed by atoms with Crippen molar-refractivity contribution >= 4 is 46.6 Å². The molecule has 0 aliphatic rings. The molecule has 9 heteroatoms. The van der Waals surface area contributed by atoms with Gasteiger partial charge in [0.2, 0.25) is 5.91 Å². The molecule has 2 nitrogen and oxygen atoms in total. The van der Waals surface area contributed by atoms with Gasteiger partial charge in [0.25, 0.3) is 0 Å². The molecule has 0 saturated heterocycles. The molecule has 0 aromatic heterocycles. The van der Waals surface area contributed by atoms with Gasteiger partial charge in [-0.2, -0.15) is 13.2 Å². The van der Waals surface area contributed by atoms with Gasteiger partial charge in [-0.3, -0.25) is 4.79 Å². The summed E-state index contributed by atoms with van der Waals surface area (Å²) in [6, 6.07) is 6.61. The molecular weight excluding hydrogens is 389 g/mol. The molecule has 1 N–H and O–H groups in total. The van der Waals surface area contributed by atoms with Crippen molar-refractivity contribution in [2.45, 2.75) is 11.1 Å². The van der Waals surface area contributed by atoms with E-state index in [1.165, 1.54) is 18.2 Å². The van der Waals surface area contributed by atoms with E-state index >= 15 is 0 Å². The van der Waals surface area contributed by atoms with Crippen LogP contribution in [-0.4, -0.2) is 11.7 Å². The van der Waals surface area contributed by atoms with Crippen LogP contribution >= 0.6 is 35.0 Å². The van der Waals surface area contributed by atoms with Crippen molar-refractivity contribution in [1.29, 1.82) is 0 Å². The fourth-order valence-corrected chi connectivity index (χ4v) is 2.95. The smallest absolute Gasteiger partial charge is 0.325 e. The van der Waals surface area contributed by atoms with Crippen LogP contribution in [0.25, 0.3) is 0 Å². The lowest BCUT2D eigenvalue weighted by atomic mass is 10.2. The Balaban J connectivity index is 1.97. The number of alkyl halides is 3. The van der Waals surface area contributed by atoms with E-state index < -0.39 is 23.5 Å². The number of nitrogens with one attached hydrogen (secondary N) is 1. The monoisotopic (exact) mass is 397 g/mol. The van der Waals surface area contributed by atoms with Crippen LogP contribution in [-0.2, 0) is 11.0 Å². The van der Waals surface area contributed by atoms with Crippen LogP contribution in [0.2, 0.25) is 10.0 Å². The van der Waals surface area contributed by atoms with Gasteiger partial charge < -0.3 is 5.32 Å². The fraction of sp³-hybridized carbons (Fsp3) is 0.133. The van der Waals surface area contributed by atoms with Crippen molar-refractivity contribution in [3.63, 3.8) is 0 Å². The van der Waals surface area contributed by atoms with Crippen LogP contribution in [0.4, 0.5) is 23.2 Å². The summed E-state index contributed by atoms with van der Waals surface area (Å²) in [5, 5.41) is 2.28. The van der Waals surface area contributed by atoms with Crippen LogP contribution < -0.4 is 5.32 Å². The second-order valence-electron chi connectivity index (χ2n) is 4.61. The zero-order valence-electron chi connectivity index (χ0n) is 11.8. The molecule has 128 valence electrons. The Kier molecular flexibility index (Phi) is 6.01. The molecule has 0 spiro atoms. The van der Waals surface area contributed by atoms with Crippen molar-refractivity contribution in [3.8, 4) is 0 Å². The van der Waals surface area contributed by atoms with E-state index in [4.69, 9.17) is 23.2 Å². The van der Waals surface area contributed by atoms with Crippen molar-refractivity contribution in [3.05, 3.63) is 57.8 Å². The fourth-order valence-electron chi connectivity index (χ4n) is 1.71. The maximum atomic E-state index is 13.0. The van der Waals surface area contributed by atoms with Crippen molar-refractivity contribution in [2.24, 2.45) is 0 Å². The van der Waals surface area contributed by atoms with Gasteiger partial charge in [0.15, 0.2) is 0 Å². The largest absolute Gasteiger partial charge is 0.416 e. The number of anilines is 1. The van der Waals surface area contributed by atoms with Gasteiger partial charge in [-0.15, -0.1) is 11.8 Å². The van der Waals surface area contributed by atoms with Gasteiger partial charge in [0, 0.05) is 10.6 Å². The van der Waals surface area contributed by atoms with E-state index in [0.29, 0.717) is 10.6 Å². The van der Waals surface area contributed by atoms with E-state index in [9.17, 15) is 22.4 Å². The Morgan fingerprint density at radius 1 is 1.08 bits per heavy atom. The third-order valence-corrected chi connectivity index (χ3v) is 4.61. The van der Waals surface area contributed by atoms with E-state index in [2.05, 4.69) is 5.32 Å². The summed E-state index contributed by atoms with van der Waals surface area (Å²) in [4.78, 5) is 12.2. The molecular formula is C15H9Cl2F4NOS. The molecule has 0 unspecified atom stereocenters. The first-order valence-corrected chi connectivity index (χ1v) is 8.15. The second-order valence-corrected chi connectivity index (χ2v) is 6.44. The molecule has 2 aromatic carbocycles. The molecule has 0 aliphatic heterocycles. The molecule has 0 bridgehead atoms. The van der Waals surface area contributed by atoms with Gasteiger partial charge in [0.1, 0.15) is 5.82 Å². The van der Waals surface area contributed by atoms with Crippen LogP contribution in [0.15, 0.2) is 41.3 Å². The van der Waals surface area contributed by atoms with Gasteiger partial charge in [-0.1, -0.05) is 23.2 Å². The summed E-state index contributed by atoms with van der Waals surface area (Å²) in [5.74, 6) is -1.13. The summed E-state index contributed by atoms with van der Waals surface area (Å²) in [7, 11) is 0. The summed E-state index contributed by atoms with van der Waals surface area (Å²) >= 11 is 12.4. The highest BCUT2D eigenvalue weighted by Gasteiger charge is 2.30. The van der Waals surface area contributed by atoms with E-state index in [-0.39, 0.29) is 15.8 Å². The van der Waals surface area contributed by atoms with Crippen LogP contribution in [0, 0.1) is 5.82 Å². The first-order chi connectivity index (χ1) is 11.2. The summed E-state index contributed by atoms with van der Waals surface area (Å²) in [6.45, 7) is 0. The number of halogens is 6. The lowest BCUT2D eigenvalue weighted by molar-refractivity contribution is -0.137. The number of benzene rings is 2. The topological polar surface area (TPSA) is 29.1 Å². The zero-order valence-corrected chi connectivity index (χ0v) is 14.1. The third kappa shape index (κ3) is 5.03. The highest BCUT2D eigenvalue weighted by atomic mass is 35.5. The number of carbonyl (C=O) groups excluding carboxylic acids is 1. The Morgan fingerprint density at radius 3 is 2.38 bits per heavy atom. The van der Waals surface area contributed by atoms with Crippen molar-refractivity contribution < 1.29 is 22.4 Å². The third-order valence-electron chi connectivity index (χ3n) is 2.82. The molecule has 0 fully saturated rings. The zero-order chi connectivity index (χ0) is 17.9. The minimum absolute atomic E-state index is 0.0833. The normalized spacial score (nSPS) is 11.4. The van der Waals surface area contributed by atoms with Crippen molar-refractivity contribution in [2.75, 3.05) is 11.1 Å². The van der Waals surface area contributed by atoms with Gasteiger partial charge in [-0.05, 0) is 36.4 Å². The standard InChI is InChI=1S/C15H9Cl2F4NOS/c16-10-6-9(2-3-12(10)18)22-14(23)7-24-13-4-1-8(5-11(13)17)15(19,20)21/h1-6H,7H2,(H,22,23). The van der Waals surface area contributed by atoms with Crippen LogP contribution in [0.3, 0.4) is 0 Å². The SMILES string of the molecule is O=C(CSc1ccc(C(F)(F)F)cc1Cl)Nc1ccc(F)c(Cl)c1. The Morgan fingerprint density at radius 2 is 1.79 bits per heavy atom. The molecule has 0 aliphatic carbocycles. The summed E-state index contributed by atoms with van der Waals surface area (Å²) in [5.41, 5.74) is -0.548. The first kappa shape index (κ1) is 18.9. The molecule has 0 atom stereocenters. The minimum Gasteiger partial charge on any atom is -0.325 e. The predicted octanol–water partition coefficient (Wildman–Crippen LogP) is 5.88. The number of thioether (sulfide) groups is 1. The molecule has 0 radical (unpaired) electrons. The second kappa shape index (κ2) is 7.63. The summed E-state index contributed by atoms with van der Waals surface area (Å²) in [6.07, 6.45) is -4.48. The highest BCUT2D eigenvalue weighted by molar-refractivity contribution is 8.00. The minimum atomic E-state index is -4.48. The number of carbonyl (C=O) groups is 1. The number of hydrogen-bond acceptors (Lipinski definition) is 2. The van der Waals surface area contributed by atoms with Gasteiger partial charge >= 0.3 is 6.18 Å². The molecule has 0 saturated carbocycles. The molecule has 2 aromatic rings. The predicted molar refractivity (Wildman–Crippen MR) is 87.2 cm³/mol. The molecule has 24 heavy (non-hydrogen) atoms. The molecule has 2 rings (SSSR count). The maximum Gasteiger partial charge on any atom is 0.416 e. The summed E-state index contributed by atoms with van der Waals surface area (Å²) < 4.78 is 50.7. The van der Waals surface area contributed by atoms with E-state index in [1.54, 1.807) is 0 Å². The Labute approximate surface area is 149 Å². The van der Waals surface area contributed by atoms with Gasteiger partial charge in [0.05, 0.1) is 21.4 Å². The first-order valence-electron chi connectivity index (χ1n) is 6.41. The molecule has 1 amide bonds. The van der Waals surface area contributed by atoms with Gasteiger partial charge in [-0.25, -0.2) is 4.39 Å². The maximum absolute atomic E-state index is 13.0. The average Bonchev–Trinajstić information content (AvgIpc) is 2.49. The van der Waals surface area contributed by atoms with Crippen LogP contribution in [0.5, 0.6) is 0 Å². The van der Waals surface area contributed by atoms with Crippen LogP contribution in [0.1, 0.15) is 5.56 Å². The van der Waals surface area contributed by atoms with Crippen molar-refractivity contribution in [1.82, 2.24) is 0 Å². The quantitative estimate of drug-likeness (QED) is 0.515. The Bertz CT molecular complexity index is 768. The number of hydrogen-bond donors (Lipinski definition) is 1. The highest BCUT2D eigenvalue weighted by Crippen LogP contribution is 2.35. The lowest BCUT2D eigenvalue weighted by Crippen LogP contribution is -2.14.